The first-order chi connectivity index (χ1) is 20.3. The first-order valence-corrected chi connectivity index (χ1v) is 14.6. The Morgan fingerprint density at radius 1 is 1.05 bits per heavy atom. The maximum atomic E-state index is 13.7. The maximum Gasteiger partial charge on any atom is 0.272 e. The second-order valence-corrected chi connectivity index (χ2v) is 11.2. The first kappa shape index (κ1) is 29.2. The molecule has 222 valence electrons. The third-order valence-electron chi connectivity index (χ3n) is 8.34. The fourth-order valence-corrected chi connectivity index (χ4v) is 5.76. The molecule has 1 spiro atoms. The minimum atomic E-state index is -0.586. The van der Waals surface area contributed by atoms with Crippen molar-refractivity contribution >= 4 is 17.7 Å². The smallest absolute Gasteiger partial charge is 0.272 e. The number of methoxy groups -OCH3 is 1. The van der Waals surface area contributed by atoms with Crippen LogP contribution in [0, 0.1) is 5.41 Å². The summed E-state index contributed by atoms with van der Waals surface area (Å²) in [4.78, 5) is 41.8. The number of para-hydroxylation sites is 1. The van der Waals surface area contributed by atoms with Gasteiger partial charge in [-0.25, -0.2) is 0 Å². The van der Waals surface area contributed by atoms with Crippen LogP contribution < -0.4 is 20.1 Å². The topological polar surface area (TPSA) is 115 Å². The Labute approximate surface area is 246 Å². The van der Waals surface area contributed by atoms with Gasteiger partial charge in [-0.15, -0.1) is 0 Å². The Morgan fingerprint density at radius 3 is 2.52 bits per heavy atom. The highest BCUT2D eigenvalue weighted by Gasteiger charge is 2.42. The maximum absolute atomic E-state index is 13.7. The van der Waals surface area contributed by atoms with E-state index < -0.39 is 5.41 Å². The summed E-state index contributed by atoms with van der Waals surface area (Å²) in [6.07, 6.45) is 3.37. The van der Waals surface area contributed by atoms with Crippen molar-refractivity contribution in [3.8, 4) is 22.8 Å². The minimum Gasteiger partial charge on any atom is -0.497 e. The second kappa shape index (κ2) is 12.7. The molecule has 0 unspecified atom stereocenters. The van der Waals surface area contributed by atoms with Crippen LogP contribution in [0.5, 0.6) is 11.5 Å². The molecule has 42 heavy (non-hydrogen) atoms. The number of benzene rings is 2. The molecule has 0 saturated carbocycles. The standard InChI is InChI=1S/C32H39N5O5/c1-22-21-42-28-9-5-4-8-25(28)29(38)33-17-7-6-14-32(31(40)34-22)15-18-37(19-16-32)30(39)27-20-26(35-36(27)2)23-10-12-24(41-3)13-11-23/h4-5,8-13,20,22H,6-7,14-19,21H2,1-3H3,(H,33,38)(H,34,40)/t22-/m1/s1. The number of ether oxygens (including phenoxy) is 2. The molecule has 3 aromatic rings. The van der Waals surface area contributed by atoms with Gasteiger partial charge < -0.3 is 25.0 Å². The van der Waals surface area contributed by atoms with E-state index in [4.69, 9.17) is 9.47 Å². The normalized spacial score (nSPS) is 19.6. The summed E-state index contributed by atoms with van der Waals surface area (Å²) in [5, 5.41) is 10.7. The van der Waals surface area contributed by atoms with Gasteiger partial charge >= 0.3 is 0 Å². The Hall–Kier alpha value is -4.34. The van der Waals surface area contributed by atoms with Crippen molar-refractivity contribution in [3.05, 3.63) is 65.9 Å². The van der Waals surface area contributed by atoms with Gasteiger partial charge in [0.2, 0.25) is 5.91 Å². The zero-order valence-corrected chi connectivity index (χ0v) is 24.5. The van der Waals surface area contributed by atoms with Crippen LogP contribution in [-0.2, 0) is 11.8 Å². The number of aromatic nitrogens is 2. The molecule has 0 radical (unpaired) electrons. The van der Waals surface area contributed by atoms with Gasteiger partial charge in [0, 0.05) is 32.2 Å². The third kappa shape index (κ3) is 6.27. The number of rotatable bonds is 3. The Kier molecular flexibility index (Phi) is 8.80. The quantitative estimate of drug-likeness (QED) is 0.493. The highest BCUT2D eigenvalue weighted by atomic mass is 16.5. The highest BCUT2D eigenvalue weighted by molar-refractivity contribution is 5.97. The van der Waals surface area contributed by atoms with Gasteiger partial charge in [0.25, 0.3) is 11.8 Å². The number of amides is 3. The molecule has 1 saturated heterocycles. The van der Waals surface area contributed by atoms with E-state index in [2.05, 4.69) is 15.7 Å². The highest BCUT2D eigenvalue weighted by Crippen LogP contribution is 2.38. The predicted octanol–water partition coefficient (Wildman–Crippen LogP) is 3.82. The van der Waals surface area contributed by atoms with Crippen molar-refractivity contribution in [3.63, 3.8) is 0 Å². The summed E-state index contributed by atoms with van der Waals surface area (Å²) in [6.45, 7) is 3.62. The average Bonchev–Trinajstić information content (AvgIpc) is 3.40. The van der Waals surface area contributed by atoms with Crippen LogP contribution in [0.25, 0.3) is 11.3 Å². The van der Waals surface area contributed by atoms with Crippen LogP contribution in [0.2, 0.25) is 0 Å². The van der Waals surface area contributed by atoms with Gasteiger partial charge in [0.15, 0.2) is 0 Å². The minimum absolute atomic E-state index is 0.00223. The van der Waals surface area contributed by atoms with Crippen LogP contribution in [0.15, 0.2) is 54.6 Å². The van der Waals surface area contributed by atoms with E-state index in [1.807, 2.05) is 54.3 Å². The van der Waals surface area contributed by atoms with E-state index >= 15 is 0 Å². The molecule has 10 heteroatoms. The molecular weight excluding hydrogens is 534 g/mol. The molecule has 1 atom stereocenters. The van der Waals surface area contributed by atoms with Gasteiger partial charge in [0.05, 0.1) is 29.8 Å². The lowest BCUT2D eigenvalue weighted by Gasteiger charge is -2.41. The lowest BCUT2D eigenvalue weighted by Crippen LogP contribution is -2.52. The number of fused-ring (bicyclic) bond motifs is 1. The fourth-order valence-electron chi connectivity index (χ4n) is 5.76. The number of piperidine rings is 1. The van der Waals surface area contributed by atoms with Gasteiger partial charge in [-0.1, -0.05) is 18.6 Å². The van der Waals surface area contributed by atoms with Gasteiger partial charge in [-0.2, -0.15) is 5.10 Å². The number of nitrogens with zero attached hydrogens (tertiary/aromatic N) is 3. The molecule has 2 aliphatic rings. The van der Waals surface area contributed by atoms with E-state index in [0.717, 1.165) is 24.2 Å². The molecule has 10 nitrogen and oxygen atoms in total. The van der Waals surface area contributed by atoms with E-state index in [9.17, 15) is 14.4 Å². The zero-order valence-electron chi connectivity index (χ0n) is 24.5. The van der Waals surface area contributed by atoms with Crippen molar-refractivity contribution in [2.45, 2.75) is 45.1 Å². The van der Waals surface area contributed by atoms with Crippen LogP contribution in [0.1, 0.15) is 59.9 Å². The molecule has 2 aromatic carbocycles. The van der Waals surface area contributed by atoms with E-state index in [-0.39, 0.29) is 30.4 Å². The Balaban J connectivity index is 1.26. The molecule has 3 amide bonds. The van der Waals surface area contributed by atoms with Crippen molar-refractivity contribution in [2.24, 2.45) is 12.5 Å². The fraction of sp³-hybridized carbons (Fsp3) is 0.438. The van der Waals surface area contributed by atoms with E-state index in [0.29, 0.717) is 61.6 Å². The molecule has 0 bridgehead atoms. The van der Waals surface area contributed by atoms with Crippen molar-refractivity contribution < 1.29 is 23.9 Å². The van der Waals surface area contributed by atoms with Crippen molar-refractivity contribution in [1.29, 1.82) is 0 Å². The Bertz CT molecular complexity index is 1430. The number of likely N-dealkylation sites (tertiary alicyclic amines) is 1. The van der Waals surface area contributed by atoms with Gasteiger partial charge in [-0.05, 0) is 75.1 Å². The number of carbonyl (C=O) groups excluding carboxylic acids is 3. The number of hydrogen-bond donors (Lipinski definition) is 2. The summed E-state index contributed by atoms with van der Waals surface area (Å²) in [5.74, 6) is 1.00. The van der Waals surface area contributed by atoms with Crippen LogP contribution in [0.3, 0.4) is 0 Å². The molecule has 0 aliphatic carbocycles. The monoisotopic (exact) mass is 573 g/mol. The lowest BCUT2D eigenvalue weighted by molar-refractivity contribution is -0.135. The SMILES string of the molecule is COc1ccc(-c2cc(C(=O)N3CCC4(CCCCNC(=O)c5ccccc5OC[C@@H](C)NC4=O)CC3)n(C)n2)cc1. The predicted molar refractivity (Wildman–Crippen MR) is 158 cm³/mol. The van der Waals surface area contributed by atoms with Crippen LogP contribution in [-0.4, -0.2) is 71.8 Å². The van der Waals surface area contributed by atoms with E-state index in [1.165, 1.54) is 0 Å². The zero-order chi connectivity index (χ0) is 29.7. The van der Waals surface area contributed by atoms with Crippen molar-refractivity contribution in [2.75, 3.05) is 33.4 Å². The molecule has 1 aromatic heterocycles. The molecular formula is C32H39N5O5. The number of aryl methyl sites for hydroxylation is 1. The second-order valence-electron chi connectivity index (χ2n) is 11.2. The molecule has 3 heterocycles. The average molecular weight is 574 g/mol. The van der Waals surface area contributed by atoms with Gasteiger partial charge in [0.1, 0.15) is 23.8 Å². The van der Waals surface area contributed by atoms with Crippen LogP contribution in [0.4, 0.5) is 0 Å². The summed E-state index contributed by atoms with van der Waals surface area (Å²) in [6, 6.07) is 16.3. The summed E-state index contributed by atoms with van der Waals surface area (Å²) < 4.78 is 12.8. The molecule has 5 rings (SSSR count). The molecule has 2 aliphatic heterocycles. The summed E-state index contributed by atoms with van der Waals surface area (Å²) in [5.41, 5.74) is 2.03. The first-order valence-electron chi connectivity index (χ1n) is 14.6. The summed E-state index contributed by atoms with van der Waals surface area (Å²) >= 11 is 0. The third-order valence-corrected chi connectivity index (χ3v) is 8.34. The van der Waals surface area contributed by atoms with Gasteiger partial charge in [-0.3, -0.25) is 19.1 Å². The van der Waals surface area contributed by atoms with Crippen molar-refractivity contribution in [1.82, 2.24) is 25.3 Å². The molecule has 2 N–H and O–H groups in total. The number of carbonyl (C=O) groups is 3. The van der Waals surface area contributed by atoms with E-state index in [1.54, 1.807) is 31.0 Å². The molecule has 1 fully saturated rings. The largest absolute Gasteiger partial charge is 0.497 e. The Morgan fingerprint density at radius 2 is 1.79 bits per heavy atom. The summed E-state index contributed by atoms with van der Waals surface area (Å²) in [7, 11) is 3.40. The number of nitrogens with one attached hydrogen (secondary N) is 2. The lowest BCUT2D eigenvalue weighted by atomic mass is 9.73. The number of hydrogen-bond acceptors (Lipinski definition) is 6. The van der Waals surface area contributed by atoms with Crippen LogP contribution >= 0.6 is 0 Å².